The highest BCUT2D eigenvalue weighted by Crippen LogP contribution is 2.29. The number of amides is 2. The van der Waals surface area contributed by atoms with E-state index in [-0.39, 0.29) is 17.3 Å². The molecule has 3 aromatic carbocycles. The van der Waals surface area contributed by atoms with Crippen LogP contribution in [0.2, 0.25) is 5.02 Å². The van der Waals surface area contributed by atoms with Gasteiger partial charge in [0.15, 0.2) is 0 Å². The van der Waals surface area contributed by atoms with E-state index < -0.39 is 28.5 Å². The van der Waals surface area contributed by atoms with Crippen LogP contribution in [0.4, 0.5) is 5.69 Å². The van der Waals surface area contributed by atoms with Gasteiger partial charge in [0.1, 0.15) is 18.3 Å². The van der Waals surface area contributed by atoms with E-state index in [4.69, 9.17) is 16.3 Å². The maximum absolute atomic E-state index is 14.1. The molecule has 0 fully saturated rings. The fraction of sp³-hybridized carbons (Fsp3) is 0.355. The number of ether oxygens (including phenoxy) is 1. The highest BCUT2D eigenvalue weighted by Gasteiger charge is 2.34. The molecule has 0 radical (unpaired) electrons. The fourth-order valence-electron chi connectivity index (χ4n) is 4.49. The summed E-state index contributed by atoms with van der Waals surface area (Å²) in [5, 5.41) is 3.38. The largest absolute Gasteiger partial charge is 0.497 e. The number of anilines is 1. The minimum Gasteiger partial charge on any atom is -0.497 e. The number of methoxy groups -OCH3 is 1. The van der Waals surface area contributed by atoms with Crippen molar-refractivity contribution >= 4 is 39.1 Å². The topological polar surface area (TPSA) is 96.0 Å². The van der Waals surface area contributed by atoms with Gasteiger partial charge in [-0.25, -0.2) is 8.42 Å². The summed E-state index contributed by atoms with van der Waals surface area (Å²) in [6, 6.07) is 19.2. The summed E-state index contributed by atoms with van der Waals surface area (Å²) in [7, 11) is -2.58. The molecule has 0 aromatic heterocycles. The molecule has 10 heteroatoms. The van der Waals surface area contributed by atoms with Gasteiger partial charge in [0.2, 0.25) is 11.8 Å². The lowest BCUT2D eigenvalue weighted by Crippen LogP contribution is -2.52. The van der Waals surface area contributed by atoms with E-state index in [1.807, 2.05) is 26.0 Å². The Bertz CT molecular complexity index is 1420. The van der Waals surface area contributed by atoms with Crippen LogP contribution in [0.3, 0.4) is 0 Å². The lowest BCUT2D eigenvalue weighted by atomic mass is 10.1. The van der Waals surface area contributed by atoms with Crippen molar-refractivity contribution in [3.05, 3.63) is 88.9 Å². The van der Waals surface area contributed by atoms with Crippen LogP contribution in [0, 0.1) is 6.92 Å². The van der Waals surface area contributed by atoms with Crippen LogP contribution in [-0.4, -0.2) is 51.4 Å². The average molecular weight is 600 g/mol. The Morgan fingerprint density at radius 2 is 1.68 bits per heavy atom. The quantitative estimate of drug-likeness (QED) is 0.244. The third kappa shape index (κ3) is 8.24. The molecule has 8 nitrogen and oxygen atoms in total. The molecule has 0 saturated heterocycles. The van der Waals surface area contributed by atoms with Crippen molar-refractivity contribution in [3.8, 4) is 5.75 Å². The van der Waals surface area contributed by atoms with Gasteiger partial charge < -0.3 is 15.0 Å². The Hall–Kier alpha value is -3.56. The molecule has 0 saturated carbocycles. The first-order valence-corrected chi connectivity index (χ1v) is 15.5. The van der Waals surface area contributed by atoms with Crippen LogP contribution in [0.1, 0.15) is 44.2 Å². The zero-order valence-corrected chi connectivity index (χ0v) is 25.5. The molecule has 0 aliphatic heterocycles. The summed E-state index contributed by atoms with van der Waals surface area (Å²) < 4.78 is 34.2. The molecular weight excluding hydrogens is 562 g/mol. The van der Waals surface area contributed by atoms with E-state index in [1.165, 1.54) is 17.0 Å². The molecule has 3 rings (SSSR count). The first-order chi connectivity index (χ1) is 19.6. The van der Waals surface area contributed by atoms with E-state index in [2.05, 4.69) is 5.32 Å². The number of halogens is 1. The van der Waals surface area contributed by atoms with Gasteiger partial charge in [0.25, 0.3) is 10.0 Å². The summed E-state index contributed by atoms with van der Waals surface area (Å²) in [6.45, 7) is 5.71. The molecule has 0 bridgehead atoms. The number of benzene rings is 3. The van der Waals surface area contributed by atoms with Gasteiger partial charge in [-0.2, -0.15) is 0 Å². The Kier molecular flexibility index (Phi) is 11.6. The minimum atomic E-state index is -4.14. The highest BCUT2D eigenvalue weighted by molar-refractivity contribution is 7.92. The zero-order chi connectivity index (χ0) is 30.0. The maximum atomic E-state index is 14.1. The molecule has 3 aromatic rings. The van der Waals surface area contributed by atoms with Crippen molar-refractivity contribution in [2.45, 2.75) is 57.5 Å². The fourth-order valence-corrected chi connectivity index (χ4v) is 6.21. The lowest BCUT2D eigenvalue weighted by molar-refractivity contribution is -0.140. The summed E-state index contributed by atoms with van der Waals surface area (Å²) in [5.41, 5.74) is 1.70. The number of nitrogens with zero attached hydrogens (tertiary/aromatic N) is 2. The monoisotopic (exact) mass is 599 g/mol. The molecule has 0 heterocycles. The number of hydrogen-bond acceptors (Lipinski definition) is 5. The summed E-state index contributed by atoms with van der Waals surface area (Å²) >= 11 is 6.17. The van der Waals surface area contributed by atoms with E-state index >= 15 is 0 Å². The summed E-state index contributed by atoms with van der Waals surface area (Å²) in [6.07, 6.45) is 2.08. The predicted octanol–water partition coefficient (Wildman–Crippen LogP) is 5.58. The number of nitrogens with one attached hydrogen (secondary N) is 1. The van der Waals surface area contributed by atoms with Crippen molar-refractivity contribution in [2.75, 3.05) is 24.5 Å². The molecule has 1 atom stereocenters. The Balaban J connectivity index is 2.05. The molecule has 220 valence electrons. The third-order valence-electron chi connectivity index (χ3n) is 6.77. The van der Waals surface area contributed by atoms with Gasteiger partial charge in [-0.1, -0.05) is 62.2 Å². The number of sulfonamides is 1. The number of rotatable bonds is 14. The number of aryl methyl sites for hydroxylation is 1. The highest BCUT2D eigenvalue weighted by atomic mass is 35.5. The Labute approximate surface area is 248 Å². The van der Waals surface area contributed by atoms with Gasteiger partial charge in [-0.15, -0.1) is 0 Å². The minimum absolute atomic E-state index is 0.0493. The first-order valence-electron chi connectivity index (χ1n) is 13.7. The van der Waals surface area contributed by atoms with Crippen LogP contribution >= 0.6 is 11.6 Å². The van der Waals surface area contributed by atoms with E-state index in [0.29, 0.717) is 35.0 Å². The summed E-state index contributed by atoms with van der Waals surface area (Å²) in [4.78, 5) is 28.9. The van der Waals surface area contributed by atoms with Gasteiger partial charge >= 0.3 is 0 Å². The van der Waals surface area contributed by atoms with Gasteiger partial charge in [-0.05, 0) is 73.4 Å². The predicted molar refractivity (Wildman–Crippen MR) is 163 cm³/mol. The number of unbranched alkanes of at least 4 members (excludes halogenated alkanes) is 1. The lowest BCUT2D eigenvalue weighted by Gasteiger charge is -2.33. The second-order valence-electron chi connectivity index (χ2n) is 9.69. The number of carbonyl (C=O) groups excluding carboxylic acids is 2. The Morgan fingerprint density at radius 1 is 1.00 bits per heavy atom. The van der Waals surface area contributed by atoms with Crippen molar-refractivity contribution in [1.82, 2.24) is 10.2 Å². The van der Waals surface area contributed by atoms with E-state index in [9.17, 15) is 18.0 Å². The molecule has 0 aliphatic carbocycles. The molecule has 41 heavy (non-hydrogen) atoms. The number of carbonyl (C=O) groups is 2. The molecule has 0 spiro atoms. The molecule has 1 N–H and O–H groups in total. The maximum Gasteiger partial charge on any atom is 0.264 e. The number of hydrogen-bond donors (Lipinski definition) is 1. The van der Waals surface area contributed by atoms with Crippen LogP contribution in [0.25, 0.3) is 0 Å². The first kappa shape index (κ1) is 32.0. The van der Waals surface area contributed by atoms with Gasteiger partial charge in [0, 0.05) is 18.1 Å². The van der Waals surface area contributed by atoms with Crippen LogP contribution in [-0.2, 0) is 26.2 Å². The van der Waals surface area contributed by atoms with Crippen LogP contribution < -0.4 is 14.4 Å². The average Bonchev–Trinajstić information content (AvgIpc) is 2.97. The molecule has 2 amide bonds. The zero-order valence-electron chi connectivity index (χ0n) is 24.0. The normalized spacial score (nSPS) is 11.9. The second-order valence-corrected chi connectivity index (χ2v) is 12.0. The van der Waals surface area contributed by atoms with Crippen molar-refractivity contribution < 1.29 is 22.7 Å². The summed E-state index contributed by atoms with van der Waals surface area (Å²) in [5.74, 6) is -0.121. The van der Waals surface area contributed by atoms with Crippen LogP contribution in [0.15, 0.2) is 77.7 Å². The smallest absolute Gasteiger partial charge is 0.264 e. The molecular formula is C31H38ClN3O5S. The molecule has 0 unspecified atom stereocenters. The van der Waals surface area contributed by atoms with Crippen LogP contribution in [0.5, 0.6) is 5.75 Å². The third-order valence-corrected chi connectivity index (χ3v) is 8.77. The van der Waals surface area contributed by atoms with Gasteiger partial charge in [-0.3, -0.25) is 13.9 Å². The molecule has 0 aliphatic rings. The second kappa shape index (κ2) is 14.9. The van der Waals surface area contributed by atoms with Crippen molar-refractivity contribution in [1.29, 1.82) is 0 Å². The van der Waals surface area contributed by atoms with E-state index in [0.717, 1.165) is 22.7 Å². The van der Waals surface area contributed by atoms with Crippen molar-refractivity contribution in [3.63, 3.8) is 0 Å². The van der Waals surface area contributed by atoms with Gasteiger partial charge in [0.05, 0.1) is 17.7 Å². The SMILES string of the molecule is CCCCNC(=O)[C@@H](CC)N(Cc1ccc(OC)cc1)C(=O)CN(c1ccc(Cl)cc1C)S(=O)(=O)c1ccccc1. The standard InChI is InChI=1S/C31H38ClN3O5S/c1-5-7-19-33-31(37)28(6-2)34(21-24-13-16-26(40-4)17-14-24)30(36)22-35(29-18-15-25(32)20-23(29)3)41(38,39)27-11-9-8-10-12-27/h8-18,20,28H,5-7,19,21-22H2,1-4H3,(H,33,37)/t28-/m1/s1. The van der Waals surface area contributed by atoms with Crippen molar-refractivity contribution in [2.24, 2.45) is 0 Å². The van der Waals surface area contributed by atoms with E-state index in [1.54, 1.807) is 62.6 Å². The Morgan fingerprint density at radius 3 is 2.27 bits per heavy atom.